The molecular formula is C13H11BrFN3. The molecule has 1 heterocycles. The average Bonchev–Trinajstić information content (AvgIpc) is 2.81. The Morgan fingerprint density at radius 1 is 1.22 bits per heavy atom. The molecule has 0 unspecified atom stereocenters. The average molecular weight is 308 g/mol. The summed E-state index contributed by atoms with van der Waals surface area (Å²) in [7, 11) is 0. The Balaban J connectivity index is 2.12. The highest BCUT2D eigenvalue weighted by atomic mass is 79.9. The summed E-state index contributed by atoms with van der Waals surface area (Å²) in [6.45, 7) is 0. The zero-order chi connectivity index (χ0) is 12.7. The van der Waals surface area contributed by atoms with E-state index >= 15 is 0 Å². The van der Waals surface area contributed by atoms with E-state index in [1.54, 1.807) is 12.1 Å². The van der Waals surface area contributed by atoms with Crippen molar-refractivity contribution in [3.8, 4) is 11.4 Å². The fourth-order valence-corrected chi connectivity index (χ4v) is 2.60. The third kappa shape index (κ3) is 1.88. The molecule has 1 aliphatic carbocycles. The number of halogens is 2. The van der Waals surface area contributed by atoms with Crippen molar-refractivity contribution in [3.05, 3.63) is 39.7 Å². The summed E-state index contributed by atoms with van der Waals surface area (Å²) in [4.78, 5) is 8.83. The van der Waals surface area contributed by atoms with E-state index in [1.165, 1.54) is 6.07 Å². The molecule has 0 fully saturated rings. The van der Waals surface area contributed by atoms with Gasteiger partial charge < -0.3 is 5.73 Å². The maximum atomic E-state index is 13.2. The van der Waals surface area contributed by atoms with Crippen LogP contribution in [0.1, 0.15) is 17.7 Å². The molecule has 1 aliphatic rings. The Kier molecular flexibility index (Phi) is 2.78. The highest BCUT2D eigenvalue weighted by Crippen LogP contribution is 2.29. The first-order chi connectivity index (χ1) is 8.65. The van der Waals surface area contributed by atoms with Crippen molar-refractivity contribution in [3.63, 3.8) is 0 Å². The van der Waals surface area contributed by atoms with Crippen LogP contribution in [0.25, 0.3) is 11.4 Å². The van der Waals surface area contributed by atoms with Gasteiger partial charge in [-0.2, -0.15) is 0 Å². The van der Waals surface area contributed by atoms with Gasteiger partial charge in [0, 0.05) is 16.8 Å². The highest BCUT2D eigenvalue weighted by Gasteiger charge is 2.18. The van der Waals surface area contributed by atoms with Gasteiger partial charge in [-0.25, -0.2) is 14.4 Å². The number of aromatic nitrogens is 2. The predicted octanol–water partition coefficient (Wildman–Crippen LogP) is 3.12. The molecule has 1 aromatic heterocycles. The smallest absolute Gasteiger partial charge is 0.161 e. The molecule has 18 heavy (non-hydrogen) atoms. The van der Waals surface area contributed by atoms with E-state index < -0.39 is 0 Å². The van der Waals surface area contributed by atoms with Gasteiger partial charge in [-0.05, 0) is 53.4 Å². The lowest BCUT2D eigenvalue weighted by atomic mass is 10.2. The second-order valence-corrected chi connectivity index (χ2v) is 5.19. The van der Waals surface area contributed by atoms with E-state index in [0.29, 0.717) is 16.1 Å². The van der Waals surface area contributed by atoms with Crippen molar-refractivity contribution in [1.82, 2.24) is 9.97 Å². The Bertz CT molecular complexity index is 628. The molecule has 0 bridgehead atoms. The van der Waals surface area contributed by atoms with Gasteiger partial charge in [0.25, 0.3) is 0 Å². The molecule has 0 atom stereocenters. The van der Waals surface area contributed by atoms with E-state index in [-0.39, 0.29) is 5.82 Å². The minimum Gasteiger partial charge on any atom is -0.383 e. The van der Waals surface area contributed by atoms with Crippen LogP contribution in [0.4, 0.5) is 10.2 Å². The maximum Gasteiger partial charge on any atom is 0.161 e. The standard InChI is InChI=1S/C13H11BrFN3/c14-9-6-7(4-5-10(9)15)13-17-11-3-1-2-8(11)12(16)18-13/h4-6H,1-3H2,(H2,16,17,18). The summed E-state index contributed by atoms with van der Waals surface area (Å²) in [5, 5.41) is 0. The Labute approximate surface area is 112 Å². The van der Waals surface area contributed by atoms with Crippen LogP contribution in [-0.2, 0) is 12.8 Å². The summed E-state index contributed by atoms with van der Waals surface area (Å²) >= 11 is 3.16. The highest BCUT2D eigenvalue weighted by molar-refractivity contribution is 9.10. The molecule has 1 aromatic carbocycles. The van der Waals surface area contributed by atoms with Crippen LogP contribution in [0.5, 0.6) is 0 Å². The van der Waals surface area contributed by atoms with Gasteiger partial charge in [-0.15, -0.1) is 0 Å². The normalized spacial score (nSPS) is 13.7. The molecule has 0 spiro atoms. The monoisotopic (exact) mass is 307 g/mol. The fourth-order valence-electron chi connectivity index (χ4n) is 2.23. The molecule has 92 valence electrons. The lowest BCUT2D eigenvalue weighted by molar-refractivity contribution is 0.621. The second kappa shape index (κ2) is 4.31. The topological polar surface area (TPSA) is 51.8 Å². The van der Waals surface area contributed by atoms with Gasteiger partial charge in [0.1, 0.15) is 11.6 Å². The molecule has 2 N–H and O–H groups in total. The number of hydrogen-bond acceptors (Lipinski definition) is 3. The van der Waals surface area contributed by atoms with Gasteiger partial charge in [0.05, 0.1) is 4.47 Å². The molecule has 2 aromatic rings. The van der Waals surface area contributed by atoms with Crippen molar-refractivity contribution in [1.29, 1.82) is 0 Å². The lowest BCUT2D eigenvalue weighted by Gasteiger charge is -2.07. The van der Waals surface area contributed by atoms with Crippen molar-refractivity contribution >= 4 is 21.7 Å². The van der Waals surface area contributed by atoms with Gasteiger partial charge in [0.2, 0.25) is 0 Å². The first-order valence-electron chi connectivity index (χ1n) is 5.76. The SMILES string of the molecule is Nc1nc(-c2ccc(F)c(Br)c2)nc2c1CCC2. The molecule has 3 rings (SSSR count). The maximum absolute atomic E-state index is 13.2. The van der Waals surface area contributed by atoms with Crippen LogP contribution in [0.3, 0.4) is 0 Å². The molecule has 3 nitrogen and oxygen atoms in total. The van der Waals surface area contributed by atoms with Crippen molar-refractivity contribution in [2.45, 2.75) is 19.3 Å². The number of benzene rings is 1. The van der Waals surface area contributed by atoms with Gasteiger partial charge >= 0.3 is 0 Å². The van der Waals surface area contributed by atoms with Crippen LogP contribution < -0.4 is 5.73 Å². The molecular weight excluding hydrogens is 297 g/mol. The van der Waals surface area contributed by atoms with Gasteiger partial charge in [-0.3, -0.25) is 0 Å². The van der Waals surface area contributed by atoms with E-state index in [2.05, 4.69) is 25.9 Å². The second-order valence-electron chi connectivity index (χ2n) is 4.34. The quantitative estimate of drug-likeness (QED) is 0.880. The molecule has 0 saturated carbocycles. The molecule has 0 radical (unpaired) electrons. The first kappa shape index (κ1) is 11.6. The first-order valence-corrected chi connectivity index (χ1v) is 6.55. The van der Waals surface area contributed by atoms with E-state index in [1.807, 2.05) is 0 Å². The minimum absolute atomic E-state index is 0.298. The lowest BCUT2D eigenvalue weighted by Crippen LogP contribution is -2.02. The number of fused-ring (bicyclic) bond motifs is 1. The molecule has 0 aliphatic heterocycles. The van der Waals surface area contributed by atoms with Crippen LogP contribution in [0.15, 0.2) is 22.7 Å². The van der Waals surface area contributed by atoms with E-state index in [4.69, 9.17) is 5.73 Å². The number of nitrogens with zero attached hydrogens (tertiary/aromatic N) is 2. The Morgan fingerprint density at radius 3 is 2.83 bits per heavy atom. The minimum atomic E-state index is -0.298. The molecule has 0 amide bonds. The number of anilines is 1. The van der Waals surface area contributed by atoms with Gasteiger partial charge in [-0.1, -0.05) is 0 Å². The van der Waals surface area contributed by atoms with E-state index in [0.717, 1.165) is 36.1 Å². The number of hydrogen-bond donors (Lipinski definition) is 1. The summed E-state index contributed by atoms with van der Waals surface area (Å²) in [6, 6.07) is 4.73. The summed E-state index contributed by atoms with van der Waals surface area (Å²) in [6.07, 6.45) is 2.97. The zero-order valence-corrected chi connectivity index (χ0v) is 11.2. The number of rotatable bonds is 1. The largest absolute Gasteiger partial charge is 0.383 e. The summed E-state index contributed by atoms with van der Waals surface area (Å²) in [5.74, 6) is 0.815. The number of nitrogen functional groups attached to an aromatic ring is 1. The Hall–Kier alpha value is -1.49. The summed E-state index contributed by atoms with van der Waals surface area (Å²) < 4.78 is 13.6. The van der Waals surface area contributed by atoms with Crippen molar-refractivity contribution in [2.24, 2.45) is 0 Å². The van der Waals surface area contributed by atoms with Crippen molar-refractivity contribution in [2.75, 3.05) is 5.73 Å². The van der Waals surface area contributed by atoms with Crippen LogP contribution in [0.2, 0.25) is 0 Å². The van der Waals surface area contributed by atoms with Crippen LogP contribution in [0, 0.1) is 5.82 Å². The van der Waals surface area contributed by atoms with Crippen LogP contribution >= 0.6 is 15.9 Å². The number of nitrogens with two attached hydrogens (primary N) is 1. The molecule has 0 saturated heterocycles. The predicted molar refractivity (Wildman–Crippen MR) is 71.6 cm³/mol. The fraction of sp³-hybridized carbons (Fsp3) is 0.231. The third-order valence-corrected chi connectivity index (χ3v) is 3.75. The molecule has 5 heteroatoms. The Morgan fingerprint density at radius 2 is 2.06 bits per heavy atom. The van der Waals surface area contributed by atoms with Crippen molar-refractivity contribution < 1.29 is 4.39 Å². The summed E-state index contributed by atoms with van der Waals surface area (Å²) in [5.41, 5.74) is 8.80. The van der Waals surface area contributed by atoms with Crippen LogP contribution in [-0.4, -0.2) is 9.97 Å². The third-order valence-electron chi connectivity index (χ3n) is 3.14. The number of aryl methyl sites for hydroxylation is 1. The zero-order valence-electron chi connectivity index (χ0n) is 9.58. The van der Waals surface area contributed by atoms with E-state index in [9.17, 15) is 4.39 Å². The van der Waals surface area contributed by atoms with Gasteiger partial charge in [0.15, 0.2) is 5.82 Å².